The fourth-order valence-corrected chi connectivity index (χ4v) is 2.49. The maximum Gasteiger partial charge on any atom is 0.434 e. The van der Waals surface area contributed by atoms with Crippen LogP contribution in [0.25, 0.3) is 0 Å². The average molecular weight is 305 g/mol. The van der Waals surface area contributed by atoms with Gasteiger partial charge in [0.2, 0.25) is 0 Å². The van der Waals surface area contributed by atoms with Crippen LogP contribution in [0.2, 0.25) is 0 Å². The fraction of sp³-hybridized carbons (Fsp3) is 0.471. The lowest BCUT2D eigenvalue weighted by Gasteiger charge is -2.30. The number of hydrogen-bond acceptors (Lipinski definition) is 4. The lowest BCUT2D eigenvalue weighted by molar-refractivity contribution is -0.120. The molecule has 1 N–H and O–H groups in total. The summed E-state index contributed by atoms with van der Waals surface area (Å²) in [6.07, 6.45) is 3.83. The lowest BCUT2D eigenvalue weighted by atomic mass is 9.94. The Morgan fingerprint density at radius 2 is 1.91 bits per heavy atom. The molecular formula is C17H23NO4. The second kappa shape index (κ2) is 6.40. The van der Waals surface area contributed by atoms with Crippen LogP contribution >= 0.6 is 0 Å². The molecule has 2 rings (SSSR count). The van der Waals surface area contributed by atoms with Gasteiger partial charge >= 0.3 is 6.09 Å². The van der Waals surface area contributed by atoms with Crippen LogP contribution in [0.3, 0.4) is 0 Å². The molecule has 0 aromatic heterocycles. The van der Waals surface area contributed by atoms with Crippen molar-refractivity contribution >= 4 is 6.09 Å². The largest absolute Gasteiger partial charge is 0.497 e. The highest BCUT2D eigenvalue weighted by Crippen LogP contribution is 2.33. The molecule has 0 aliphatic heterocycles. The third-order valence-electron chi connectivity index (χ3n) is 3.53. The van der Waals surface area contributed by atoms with E-state index in [-0.39, 0.29) is 12.0 Å². The first kappa shape index (κ1) is 16.4. The van der Waals surface area contributed by atoms with Crippen LogP contribution in [0.4, 0.5) is 4.79 Å². The van der Waals surface area contributed by atoms with Gasteiger partial charge in [0.05, 0.1) is 13.2 Å². The summed E-state index contributed by atoms with van der Waals surface area (Å²) in [5.74, 6) is 0.707. The van der Waals surface area contributed by atoms with Gasteiger partial charge in [0.15, 0.2) is 0 Å². The highest BCUT2D eigenvalue weighted by molar-refractivity contribution is 5.67. The van der Waals surface area contributed by atoms with Crippen LogP contribution in [-0.2, 0) is 4.74 Å². The molecule has 22 heavy (non-hydrogen) atoms. The molecule has 0 saturated heterocycles. The molecule has 0 fully saturated rings. The number of rotatable bonds is 3. The molecular weight excluding hydrogens is 282 g/mol. The first-order valence-electron chi connectivity index (χ1n) is 7.33. The summed E-state index contributed by atoms with van der Waals surface area (Å²) in [4.78, 5) is 12.0. The fourth-order valence-electron chi connectivity index (χ4n) is 2.49. The molecule has 5 heteroatoms. The molecule has 0 radical (unpaired) electrons. The molecule has 0 spiro atoms. The van der Waals surface area contributed by atoms with Gasteiger partial charge in [0, 0.05) is 5.92 Å². The molecule has 1 aromatic carbocycles. The van der Waals surface area contributed by atoms with E-state index in [4.69, 9.17) is 9.47 Å². The highest BCUT2D eigenvalue weighted by Gasteiger charge is 2.34. The van der Waals surface area contributed by atoms with Crippen molar-refractivity contribution in [3.05, 3.63) is 42.0 Å². The topological polar surface area (TPSA) is 59.0 Å². The SMILES string of the molecule is COc1ccc([C@H]2C=CC[C@@H]2N(O)C(=O)OC(C)(C)C)cc1. The van der Waals surface area contributed by atoms with E-state index >= 15 is 0 Å². The number of carbonyl (C=O) groups excluding carboxylic acids is 1. The highest BCUT2D eigenvalue weighted by atomic mass is 16.6. The van der Waals surface area contributed by atoms with Crippen molar-refractivity contribution in [3.8, 4) is 5.75 Å². The van der Waals surface area contributed by atoms with Gasteiger partial charge in [-0.2, -0.15) is 5.06 Å². The van der Waals surface area contributed by atoms with Crippen LogP contribution in [0, 0.1) is 0 Å². The molecule has 0 bridgehead atoms. The minimum absolute atomic E-state index is 0.0663. The van der Waals surface area contributed by atoms with Crippen molar-refractivity contribution < 1.29 is 19.5 Å². The number of carbonyl (C=O) groups is 1. The average Bonchev–Trinajstić information content (AvgIpc) is 2.94. The Morgan fingerprint density at radius 1 is 1.27 bits per heavy atom. The maximum absolute atomic E-state index is 12.0. The van der Waals surface area contributed by atoms with E-state index in [0.717, 1.165) is 11.3 Å². The molecule has 1 amide bonds. The van der Waals surface area contributed by atoms with E-state index in [1.807, 2.05) is 36.4 Å². The molecule has 1 aliphatic rings. The van der Waals surface area contributed by atoms with Crippen molar-refractivity contribution in [2.45, 2.75) is 44.8 Å². The van der Waals surface area contributed by atoms with E-state index in [1.165, 1.54) is 0 Å². The first-order chi connectivity index (χ1) is 10.3. The smallest absolute Gasteiger partial charge is 0.434 e. The number of amides is 1. The number of methoxy groups -OCH3 is 1. The van der Waals surface area contributed by atoms with Gasteiger partial charge in [-0.15, -0.1) is 0 Å². The van der Waals surface area contributed by atoms with E-state index in [1.54, 1.807) is 27.9 Å². The van der Waals surface area contributed by atoms with Crippen LogP contribution in [0.5, 0.6) is 5.75 Å². The summed E-state index contributed by atoms with van der Waals surface area (Å²) >= 11 is 0. The zero-order valence-electron chi connectivity index (χ0n) is 13.4. The first-order valence-corrected chi connectivity index (χ1v) is 7.33. The predicted octanol–water partition coefficient (Wildman–Crippen LogP) is 3.73. The third kappa shape index (κ3) is 3.80. The Balaban J connectivity index is 2.11. The molecule has 2 atom stereocenters. The zero-order chi connectivity index (χ0) is 16.3. The summed E-state index contributed by atoms with van der Waals surface area (Å²) in [5, 5.41) is 10.9. The van der Waals surface area contributed by atoms with Gasteiger partial charge in [-0.3, -0.25) is 5.21 Å². The second-order valence-electron chi connectivity index (χ2n) is 6.36. The van der Waals surface area contributed by atoms with E-state index < -0.39 is 11.7 Å². The molecule has 0 heterocycles. The van der Waals surface area contributed by atoms with Gasteiger partial charge in [0.1, 0.15) is 11.4 Å². The quantitative estimate of drug-likeness (QED) is 0.525. The van der Waals surface area contributed by atoms with Gasteiger partial charge in [-0.25, -0.2) is 4.79 Å². The third-order valence-corrected chi connectivity index (χ3v) is 3.53. The molecule has 120 valence electrons. The number of hydroxylamine groups is 2. The molecule has 1 aliphatic carbocycles. The number of hydrogen-bond donors (Lipinski definition) is 1. The standard InChI is InChI=1S/C17H23NO4/c1-17(2,3)22-16(19)18(20)15-7-5-6-14(15)12-8-10-13(21-4)11-9-12/h5-6,8-11,14-15,20H,7H2,1-4H3/t14-,15+/m1/s1. The molecule has 5 nitrogen and oxygen atoms in total. The van der Waals surface area contributed by atoms with Crippen LogP contribution in [-0.4, -0.2) is 35.1 Å². The molecule has 0 unspecified atom stereocenters. The predicted molar refractivity (Wildman–Crippen MR) is 83.1 cm³/mol. The van der Waals surface area contributed by atoms with Crippen molar-refractivity contribution in [1.82, 2.24) is 5.06 Å². The lowest BCUT2D eigenvalue weighted by Crippen LogP contribution is -2.42. The van der Waals surface area contributed by atoms with E-state index in [0.29, 0.717) is 11.5 Å². The Labute approximate surface area is 131 Å². The Bertz CT molecular complexity index is 545. The van der Waals surface area contributed by atoms with Crippen molar-refractivity contribution in [2.24, 2.45) is 0 Å². The van der Waals surface area contributed by atoms with Crippen molar-refractivity contribution in [2.75, 3.05) is 7.11 Å². The molecule has 1 aromatic rings. The van der Waals surface area contributed by atoms with Crippen molar-refractivity contribution in [3.63, 3.8) is 0 Å². The van der Waals surface area contributed by atoms with Gasteiger partial charge < -0.3 is 9.47 Å². The minimum Gasteiger partial charge on any atom is -0.497 e. The Hall–Kier alpha value is -2.01. The Kier molecular flexibility index (Phi) is 4.76. The summed E-state index contributed by atoms with van der Waals surface area (Å²) in [7, 11) is 1.62. The number of benzene rings is 1. The van der Waals surface area contributed by atoms with Crippen LogP contribution < -0.4 is 4.74 Å². The van der Waals surface area contributed by atoms with Gasteiger partial charge in [0.25, 0.3) is 0 Å². The maximum atomic E-state index is 12.0. The van der Waals surface area contributed by atoms with Gasteiger partial charge in [-0.05, 0) is 44.9 Å². The normalized spacial score (nSPS) is 20.8. The van der Waals surface area contributed by atoms with Crippen molar-refractivity contribution in [1.29, 1.82) is 0 Å². The second-order valence-corrected chi connectivity index (χ2v) is 6.36. The van der Waals surface area contributed by atoms with E-state index in [2.05, 4.69) is 0 Å². The summed E-state index contributed by atoms with van der Waals surface area (Å²) in [6, 6.07) is 7.26. The van der Waals surface area contributed by atoms with Crippen LogP contribution in [0.15, 0.2) is 36.4 Å². The van der Waals surface area contributed by atoms with Gasteiger partial charge in [-0.1, -0.05) is 24.3 Å². The zero-order valence-corrected chi connectivity index (χ0v) is 13.4. The molecule has 0 saturated carbocycles. The number of ether oxygens (including phenoxy) is 2. The number of nitrogens with zero attached hydrogens (tertiary/aromatic N) is 1. The Morgan fingerprint density at radius 3 is 2.45 bits per heavy atom. The summed E-state index contributed by atoms with van der Waals surface area (Å²) in [6.45, 7) is 5.31. The van der Waals surface area contributed by atoms with E-state index in [9.17, 15) is 10.0 Å². The monoisotopic (exact) mass is 305 g/mol. The minimum atomic E-state index is -0.722. The van der Waals surface area contributed by atoms with Crippen LogP contribution in [0.1, 0.15) is 38.7 Å². The summed E-state index contributed by atoms with van der Waals surface area (Å²) in [5.41, 5.74) is 0.377. The summed E-state index contributed by atoms with van der Waals surface area (Å²) < 4.78 is 10.4.